The van der Waals surface area contributed by atoms with Crippen molar-refractivity contribution in [3.8, 4) is 17.7 Å². The Morgan fingerprint density at radius 1 is 1.23 bits per heavy atom. The van der Waals surface area contributed by atoms with Gasteiger partial charge in [-0.1, -0.05) is 0 Å². The van der Waals surface area contributed by atoms with Gasteiger partial charge in [-0.25, -0.2) is 4.79 Å². The summed E-state index contributed by atoms with van der Waals surface area (Å²) in [7, 11) is 1.32. The number of aromatic nitrogens is 1. The number of hydrogen-bond donors (Lipinski definition) is 1. The van der Waals surface area contributed by atoms with Gasteiger partial charge in [0.05, 0.1) is 18.9 Å². The van der Waals surface area contributed by atoms with E-state index in [0.717, 1.165) is 0 Å². The lowest BCUT2D eigenvalue weighted by Crippen LogP contribution is -2.38. The minimum Gasteiger partial charge on any atom is -0.465 e. The second kappa shape index (κ2) is 8.75. The molecule has 3 aromatic rings. The molecule has 0 bridgehead atoms. The summed E-state index contributed by atoms with van der Waals surface area (Å²) in [6.45, 7) is 1.11. The predicted octanol–water partition coefficient (Wildman–Crippen LogP) is 3.45. The van der Waals surface area contributed by atoms with Gasteiger partial charge in [-0.15, -0.1) is 0 Å². The summed E-state index contributed by atoms with van der Waals surface area (Å²) in [4.78, 5) is 30.3. The molecule has 1 N–H and O–H groups in total. The number of carbonyl (C=O) groups excluding carboxylic acids is 2. The van der Waals surface area contributed by atoms with Crippen molar-refractivity contribution < 1.29 is 23.2 Å². The number of ether oxygens (including phenoxy) is 1. The second-order valence-corrected chi connectivity index (χ2v) is 7.08. The minimum atomic E-state index is -0.426. The van der Waals surface area contributed by atoms with E-state index < -0.39 is 5.97 Å². The smallest absolute Gasteiger partial charge is 0.337 e. The summed E-state index contributed by atoms with van der Waals surface area (Å²) in [5, 5.41) is 12.3. The molecule has 0 saturated carbocycles. The summed E-state index contributed by atoms with van der Waals surface area (Å²) in [6.07, 6.45) is 2.72. The lowest BCUT2D eigenvalue weighted by molar-refractivity contribution is -0.120. The van der Waals surface area contributed by atoms with Gasteiger partial charge in [0, 0.05) is 24.7 Å². The second-order valence-electron chi connectivity index (χ2n) is 7.08. The van der Waals surface area contributed by atoms with Crippen LogP contribution in [0, 0.1) is 17.2 Å². The Morgan fingerprint density at radius 2 is 1.97 bits per heavy atom. The van der Waals surface area contributed by atoms with Crippen LogP contribution in [0.15, 0.2) is 51.5 Å². The van der Waals surface area contributed by atoms with Crippen molar-refractivity contribution in [1.29, 1.82) is 5.26 Å². The molecule has 1 fully saturated rings. The van der Waals surface area contributed by atoms with Crippen LogP contribution in [-0.2, 0) is 9.53 Å². The number of nitrogens with zero attached hydrogens (tertiary/aromatic N) is 3. The average Bonchev–Trinajstić information content (AvgIpc) is 3.49. The number of oxazole rings is 1. The number of hydrogen-bond acceptors (Lipinski definition) is 8. The van der Waals surface area contributed by atoms with Crippen LogP contribution in [0.1, 0.15) is 28.9 Å². The maximum atomic E-state index is 12.6. The summed E-state index contributed by atoms with van der Waals surface area (Å²) in [6, 6.07) is 12.0. The monoisotopic (exact) mass is 420 g/mol. The number of rotatable bonds is 5. The van der Waals surface area contributed by atoms with E-state index >= 15 is 0 Å². The quantitative estimate of drug-likeness (QED) is 0.623. The van der Waals surface area contributed by atoms with Crippen molar-refractivity contribution in [3.05, 3.63) is 53.9 Å². The van der Waals surface area contributed by atoms with Gasteiger partial charge in [0.25, 0.3) is 5.89 Å². The maximum absolute atomic E-state index is 12.6. The highest BCUT2D eigenvalue weighted by atomic mass is 16.5. The third-order valence-corrected chi connectivity index (χ3v) is 5.17. The number of nitriles is 1. The Hall–Kier alpha value is -4.06. The fourth-order valence-corrected chi connectivity index (χ4v) is 3.50. The largest absolute Gasteiger partial charge is 0.465 e. The summed E-state index contributed by atoms with van der Waals surface area (Å²) < 4.78 is 15.7. The number of nitrogens with one attached hydrogen (secondary N) is 1. The highest BCUT2D eigenvalue weighted by Gasteiger charge is 2.29. The van der Waals surface area contributed by atoms with E-state index in [1.807, 2.05) is 4.90 Å². The molecule has 1 aliphatic rings. The van der Waals surface area contributed by atoms with Crippen LogP contribution >= 0.6 is 0 Å². The SMILES string of the molecule is COC(=O)c1ccc(NC(=O)C2CCN(c3oc(-c4ccco4)nc3C#N)CC2)cc1. The highest BCUT2D eigenvalue weighted by Crippen LogP contribution is 2.31. The molecular formula is C22H20N4O5. The van der Waals surface area contributed by atoms with Crippen molar-refractivity contribution in [2.75, 3.05) is 30.4 Å². The van der Waals surface area contributed by atoms with Crippen LogP contribution in [0.3, 0.4) is 0 Å². The molecule has 0 spiro atoms. The molecule has 158 valence electrons. The topological polar surface area (TPSA) is 122 Å². The highest BCUT2D eigenvalue weighted by molar-refractivity contribution is 5.94. The van der Waals surface area contributed by atoms with E-state index in [1.165, 1.54) is 13.4 Å². The molecule has 0 radical (unpaired) electrons. The molecule has 1 amide bonds. The van der Waals surface area contributed by atoms with Crippen molar-refractivity contribution in [2.24, 2.45) is 5.92 Å². The van der Waals surface area contributed by atoms with Crippen LogP contribution in [0.2, 0.25) is 0 Å². The molecule has 1 saturated heterocycles. The van der Waals surface area contributed by atoms with Gasteiger partial charge in [-0.3, -0.25) is 4.79 Å². The number of amides is 1. The first-order valence-electron chi connectivity index (χ1n) is 9.78. The van der Waals surface area contributed by atoms with Crippen molar-refractivity contribution in [1.82, 2.24) is 4.98 Å². The van der Waals surface area contributed by atoms with Crippen LogP contribution in [0.5, 0.6) is 0 Å². The molecule has 9 heteroatoms. The minimum absolute atomic E-state index is 0.0835. The molecule has 1 aliphatic heterocycles. The molecule has 0 unspecified atom stereocenters. The Bertz CT molecular complexity index is 1100. The molecule has 31 heavy (non-hydrogen) atoms. The number of benzene rings is 1. The number of esters is 1. The van der Waals surface area contributed by atoms with Gasteiger partial charge < -0.3 is 23.8 Å². The fraction of sp³-hybridized carbons (Fsp3) is 0.273. The lowest BCUT2D eigenvalue weighted by atomic mass is 9.95. The van der Waals surface area contributed by atoms with Gasteiger partial charge in [0.2, 0.25) is 17.5 Å². The zero-order chi connectivity index (χ0) is 21.8. The normalized spacial score (nSPS) is 14.1. The van der Waals surface area contributed by atoms with Crippen LogP contribution < -0.4 is 10.2 Å². The number of piperidine rings is 1. The molecule has 2 aromatic heterocycles. The van der Waals surface area contributed by atoms with E-state index in [-0.39, 0.29) is 23.4 Å². The Morgan fingerprint density at radius 3 is 2.58 bits per heavy atom. The third kappa shape index (κ3) is 4.28. The average molecular weight is 420 g/mol. The molecule has 3 heterocycles. The van der Waals surface area contributed by atoms with E-state index in [1.54, 1.807) is 36.4 Å². The standard InChI is InChI=1S/C22H20N4O5/c1-29-22(28)15-4-6-16(7-5-15)24-19(27)14-8-10-26(11-9-14)21-17(13-23)25-20(31-21)18-3-2-12-30-18/h2-7,12,14H,8-11H2,1H3,(H,24,27). The third-order valence-electron chi connectivity index (χ3n) is 5.17. The molecule has 9 nitrogen and oxygen atoms in total. The van der Waals surface area contributed by atoms with Crippen LogP contribution in [0.4, 0.5) is 11.6 Å². The first kappa shape index (κ1) is 20.2. The van der Waals surface area contributed by atoms with E-state index in [0.29, 0.717) is 48.8 Å². The maximum Gasteiger partial charge on any atom is 0.337 e. The number of anilines is 2. The van der Waals surface area contributed by atoms with E-state index in [2.05, 4.69) is 21.1 Å². The molecule has 4 rings (SSSR count). The lowest BCUT2D eigenvalue weighted by Gasteiger charge is -2.30. The Kier molecular flexibility index (Phi) is 5.71. The fourth-order valence-electron chi connectivity index (χ4n) is 3.50. The summed E-state index contributed by atoms with van der Waals surface area (Å²) in [5.74, 6) is 0.423. The Labute approximate surface area is 178 Å². The zero-order valence-corrected chi connectivity index (χ0v) is 16.8. The van der Waals surface area contributed by atoms with Crippen molar-refractivity contribution >= 4 is 23.4 Å². The number of furan rings is 1. The van der Waals surface area contributed by atoms with Crippen LogP contribution in [-0.4, -0.2) is 37.1 Å². The number of carbonyl (C=O) groups is 2. The first-order valence-corrected chi connectivity index (χ1v) is 9.78. The molecule has 1 aromatic carbocycles. The van der Waals surface area contributed by atoms with Crippen molar-refractivity contribution in [2.45, 2.75) is 12.8 Å². The van der Waals surface area contributed by atoms with E-state index in [4.69, 9.17) is 8.83 Å². The number of methoxy groups -OCH3 is 1. The summed E-state index contributed by atoms with van der Waals surface area (Å²) in [5.41, 5.74) is 1.23. The predicted molar refractivity (Wildman–Crippen MR) is 110 cm³/mol. The molecule has 0 atom stereocenters. The van der Waals surface area contributed by atoms with Gasteiger partial charge in [-0.2, -0.15) is 10.2 Å². The van der Waals surface area contributed by atoms with Gasteiger partial charge in [0.15, 0.2) is 5.76 Å². The molecular weight excluding hydrogens is 400 g/mol. The first-order chi connectivity index (χ1) is 15.1. The van der Waals surface area contributed by atoms with Gasteiger partial charge >= 0.3 is 5.97 Å². The van der Waals surface area contributed by atoms with Crippen molar-refractivity contribution in [3.63, 3.8) is 0 Å². The summed E-state index contributed by atoms with van der Waals surface area (Å²) >= 11 is 0. The van der Waals surface area contributed by atoms with E-state index in [9.17, 15) is 14.9 Å². The van der Waals surface area contributed by atoms with Crippen LogP contribution in [0.25, 0.3) is 11.7 Å². The Balaban J connectivity index is 1.37. The molecule has 0 aliphatic carbocycles. The van der Waals surface area contributed by atoms with Gasteiger partial charge in [0.1, 0.15) is 6.07 Å². The zero-order valence-electron chi connectivity index (χ0n) is 16.8. The van der Waals surface area contributed by atoms with Gasteiger partial charge in [-0.05, 0) is 49.2 Å².